The number of aliphatic hydroxyl groups is 1. The van der Waals surface area contributed by atoms with E-state index in [0.29, 0.717) is 53.8 Å². The number of anilines is 1. The van der Waals surface area contributed by atoms with Crippen molar-refractivity contribution in [2.24, 2.45) is 0 Å². The third-order valence-corrected chi connectivity index (χ3v) is 15.1. The molecule has 4 unspecified atom stereocenters. The minimum atomic E-state index is -1.62. The van der Waals surface area contributed by atoms with Gasteiger partial charge in [0.1, 0.15) is 25.2 Å². The molecule has 0 saturated carbocycles. The first-order valence-corrected chi connectivity index (χ1v) is 27.4. The number of esters is 1. The second-order valence-corrected chi connectivity index (χ2v) is 20.8. The van der Waals surface area contributed by atoms with E-state index in [0.717, 1.165) is 38.1 Å². The number of carbonyl (C=O) groups excluding carboxylic acids is 8. The molecule has 1 aliphatic carbocycles. The van der Waals surface area contributed by atoms with Crippen LogP contribution in [0.3, 0.4) is 0 Å². The number of aryl methyl sites for hydroxylation is 2. The van der Waals surface area contributed by atoms with E-state index in [4.69, 9.17) is 19.2 Å². The number of rotatable bonds is 22. The number of fused-ring (bicyclic) bond motifs is 5. The average molecular weight is 1130 g/mol. The number of ether oxygens (including phenoxy) is 3. The maximum atomic E-state index is 15.4. The summed E-state index contributed by atoms with van der Waals surface area (Å²) >= 11 is 4.15. The van der Waals surface area contributed by atoms with Crippen LogP contribution in [0, 0.1) is 12.7 Å². The van der Waals surface area contributed by atoms with Crippen LogP contribution in [0.4, 0.5) is 10.1 Å². The fourth-order valence-corrected chi connectivity index (χ4v) is 10.8. The molecule has 1 saturated heterocycles. The fourth-order valence-electron chi connectivity index (χ4n) is 10.5. The Morgan fingerprint density at radius 1 is 0.864 bits per heavy atom. The number of aliphatic hydroxyl groups excluding tert-OH is 1. The number of nitrogens with one attached hydrogen (secondary N) is 5. The summed E-state index contributed by atoms with van der Waals surface area (Å²) in [6.45, 7) is 6.59. The molecule has 9 rings (SSSR count). The van der Waals surface area contributed by atoms with Gasteiger partial charge in [-0.05, 0) is 78.6 Å². The molecule has 2 aromatic heterocycles. The number of hydrogen-bond donors (Lipinski definition) is 7. The molecule has 21 nitrogen and oxygen atoms in total. The molecule has 5 heterocycles. The van der Waals surface area contributed by atoms with Gasteiger partial charge in [0, 0.05) is 47.3 Å². The van der Waals surface area contributed by atoms with E-state index in [2.05, 4.69) is 39.2 Å². The Balaban J connectivity index is 0.00000425. The zero-order chi connectivity index (χ0) is 58.1. The lowest BCUT2D eigenvalue weighted by Gasteiger charge is -2.37. The van der Waals surface area contributed by atoms with Crippen molar-refractivity contribution >= 4 is 76.5 Å². The summed E-state index contributed by atoms with van der Waals surface area (Å²) in [6.07, 6.45) is 0.731. The Morgan fingerprint density at radius 2 is 1.56 bits per heavy atom. The van der Waals surface area contributed by atoms with Crippen LogP contribution in [0.2, 0.25) is 0 Å². The van der Waals surface area contributed by atoms with Crippen molar-refractivity contribution in [1.29, 1.82) is 0 Å². The number of imide groups is 1. The maximum Gasteiger partial charge on any atom is 0.340 e. The van der Waals surface area contributed by atoms with E-state index < -0.39 is 76.9 Å². The van der Waals surface area contributed by atoms with Crippen LogP contribution in [0.5, 0.6) is 0 Å². The van der Waals surface area contributed by atoms with Gasteiger partial charge in [0.2, 0.25) is 41.4 Å². The Labute approximate surface area is 471 Å². The highest BCUT2D eigenvalue weighted by Gasteiger charge is 2.42. The summed E-state index contributed by atoms with van der Waals surface area (Å²) in [4.78, 5) is 121. The van der Waals surface area contributed by atoms with Gasteiger partial charge in [-0.1, -0.05) is 63.2 Å². The highest BCUT2D eigenvalue weighted by Crippen LogP contribution is 2.48. The number of nitrogens with zero attached hydrogens (tertiary/aromatic N) is 3. The first kappa shape index (κ1) is 59.3. The normalized spacial score (nSPS) is 17.9. The largest absolute Gasteiger partial charge is 0.458 e. The van der Waals surface area contributed by atoms with Crippen molar-refractivity contribution in [2.45, 2.75) is 109 Å². The number of halogens is 1. The fraction of sp³-hybridized carbons (Fsp3) is 0.414. The van der Waals surface area contributed by atoms with E-state index in [1.165, 1.54) is 6.07 Å². The molecular weight excluding hydrogens is 1070 g/mol. The minimum absolute atomic E-state index is 0.0432. The van der Waals surface area contributed by atoms with Gasteiger partial charge in [-0.2, -0.15) is 12.6 Å². The van der Waals surface area contributed by atoms with Gasteiger partial charge in [0.05, 0.1) is 79.4 Å². The summed E-state index contributed by atoms with van der Waals surface area (Å²) in [5, 5.41) is 23.5. The number of hydrogen-bond acceptors (Lipinski definition) is 15. The molecule has 7 amide bonds. The van der Waals surface area contributed by atoms with E-state index in [9.17, 15) is 48.3 Å². The first-order chi connectivity index (χ1) is 38.9. The molecule has 4 atom stereocenters. The monoisotopic (exact) mass is 1130 g/mol. The lowest BCUT2D eigenvalue weighted by atomic mass is 9.69. The molecule has 23 heteroatoms. The van der Waals surface area contributed by atoms with Crippen LogP contribution in [0.25, 0.3) is 22.3 Å². The summed E-state index contributed by atoms with van der Waals surface area (Å²) in [6, 6.07) is 17.6. The van der Waals surface area contributed by atoms with Crippen LogP contribution in [0.15, 0.2) is 71.5 Å². The van der Waals surface area contributed by atoms with E-state index >= 15 is 4.39 Å². The predicted octanol–water partition coefficient (Wildman–Crippen LogP) is 2.96. The second-order valence-electron chi connectivity index (χ2n) is 20.2. The van der Waals surface area contributed by atoms with Crippen LogP contribution in [-0.4, -0.2) is 119 Å². The highest BCUT2D eigenvalue weighted by molar-refractivity contribution is 7.82. The van der Waals surface area contributed by atoms with Crippen molar-refractivity contribution < 1.29 is 62.1 Å². The molecule has 81 heavy (non-hydrogen) atoms. The number of benzene rings is 3. The quantitative estimate of drug-likeness (QED) is 0.0169. The van der Waals surface area contributed by atoms with Gasteiger partial charge >= 0.3 is 5.97 Å². The van der Waals surface area contributed by atoms with Gasteiger partial charge < -0.3 is 50.5 Å². The van der Waals surface area contributed by atoms with Crippen molar-refractivity contribution in [1.82, 2.24) is 36.1 Å². The standard InChI is InChI=1S/C56H59FN8O13S.C2H6/c1-30-34-15-16-56(2,49-36-26-64-41(50(36)63-39(48(34)49)21-38(30)57)20-35-37(53(64)73)27-78-55(75)51(35)71)28-76-17-18-77-29-61-45(68)24-60-52(72)40(19-32-7-4-3-5-8-32)62-46(69)25-59-44(67)23-58-43(66)10-6-9-31-11-13-33(14-12-31)65-47(70)22-42(79)54(65)74;1-2/h3-5,7-8,11-14,20-21,40,42,51,71,79H,6,9-10,15-19,22-29H2,1-2H3,(H,58,66)(H,59,67)(H,60,72)(H,61,68)(H,62,69);1-2H3. The molecule has 4 aliphatic rings. The van der Waals surface area contributed by atoms with Crippen LogP contribution < -0.4 is 37.0 Å². The van der Waals surface area contributed by atoms with Crippen LogP contribution in [0.1, 0.15) is 97.1 Å². The number of cyclic esters (lactones) is 1. The van der Waals surface area contributed by atoms with Gasteiger partial charge in [-0.25, -0.2) is 19.1 Å². The minimum Gasteiger partial charge on any atom is -0.458 e. The lowest BCUT2D eigenvalue weighted by Crippen LogP contribution is -2.52. The Hall–Kier alpha value is -7.86. The summed E-state index contributed by atoms with van der Waals surface area (Å²) in [5.41, 5.74) is 5.68. The number of thiol groups is 1. The highest BCUT2D eigenvalue weighted by atomic mass is 32.1. The number of pyridine rings is 2. The second kappa shape index (κ2) is 26.2. The molecule has 5 aromatic rings. The first-order valence-electron chi connectivity index (χ1n) is 26.9. The van der Waals surface area contributed by atoms with Gasteiger partial charge in [-0.3, -0.25) is 38.4 Å². The van der Waals surface area contributed by atoms with E-state index in [1.54, 1.807) is 72.2 Å². The summed E-state index contributed by atoms with van der Waals surface area (Å²) < 4.78 is 33.8. The van der Waals surface area contributed by atoms with E-state index in [1.807, 2.05) is 20.8 Å². The van der Waals surface area contributed by atoms with Crippen LogP contribution in [-0.2, 0) is 90.4 Å². The van der Waals surface area contributed by atoms with Crippen LogP contribution >= 0.6 is 12.6 Å². The molecule has 3 aromatic carbocycles. The van der Waals surface area contributed by atoms with Crippen molar-refractivity contribution in [3.8, 4) is 11.4 Å². The summed E-state index contributed by atoms with van der Waals surface area (Å²) in [5.74, 6) is -4.87. The molecule has 3 aliphatic heterocycles. The summed E-state index contributed by atoms with van der Waals surface area (Å²) in [7, 11) is 0. The smallest absolute Gasteiger partial charge is 0.340 e. The predicted molar refractivity (Wildman–Crippen MR) is 297 cm³/mol. The maximum absolute atomic E-state index is 15.4. The van der Waals surface area contributed by atoms with E-state index in [-0.39, 0.29) is 94.4 Å². The third-order valence-electron chi connectivity index (χ3n) is 14.7. The van der Waals surface area contributed by atoms with Crippen molar-refractivity contribution in [2.75, 3.05) is 51.1 Å². The number of amides is 7. The molecule has 428 valence electrons. The molecule has 0 bridgehead atoms. The topological polar surface area (TPSA) is 283 Å². The zero-order valence-corrected chi connectivity index (χ0v) is 46.3. The van der Waals surface area contributed by atoms with Gasteiger partial charge in [0.25, 0.3) is 5.56 Å². The van der Waals surface area contributed by atoms with Gasteiger partial charge in [-0.15, -0.1) is 0 Å². The molecule has 6 N–H and O–H groups in total. The third kappa shape index (κ3) is 13.3. The van der Waals surface area contributed by atoms with Crippen molar-refractivity contribution in [3.63, 3.8) is 0 Å². The molecule has 0 radical (unpaired) electrons. The number of aromatic nitrogens is 2. The van der Waals surface area contributed by atoms with Gasteiger partial charge in [0.15, 0.2) is 6.10 Å². The zero-order valence-electron chi connectivity index (χ0n) is 45.4. The molecular formula is C58H65FN8O13S. The molecule has 1 fully saturated rings. The number of carbonyl (C=O) groups is 8. The lowest BCUT2D eigenvalue weighted by molar-refractivity contribution is -0.157. The molecule has 0 spiro atoms. The Bertz CT molecular complexity index is 3340. The average Bonchev–Trinajstić information content (AvgIpc) is 3.98. The Morgan fingerprint density at radius 3 is 2.28 bits per heavy atom. The Kier molecular flexibility index (Phi) is 19.1. The van der Waals surface area contributed by atoms with Crippen molar-refractivity contribution in [3.05, 3.63) is 127 Å². The SMILES string of the molecule is CC.Cc1c(F)cc2nc3c(c4c2c1CCC4(C)COCCOCNC(=O)CNC(=O)C(Cc1ccccc1)NC(=O)CNC(=O)CNC(=O)CCCc1ccc(N2C(=O)CC(S)C2=O)cc1)Cn1c-3cc2c(c1=O)COC(=O)C2O.